The summed E-state index contributed by atoms with van der Waals surface area (Å²) in [5.74, 6) is -1.33. The maximum atomic E-state index is 15.0. The van der Waals surface area contributed by atoms with E-state index < -0.39 is 40.9 Å². The Kier molecular flexibility index (Phi) is 11.1. The van der Waals surface area contributed by atoms with Crippen LogP contribution < -0.4 is 19.7 Å². The van der Waals surface area contributed by atoms with Gasteiger partial charge in [-0.3, -0.25) is 14.4 Å². The molecular formula is C46H52N4O7. The zero-order chi connectivity index (χ0) is 40.5. The molecule has 3 aliphatic rings. The Morgan fingerprint density at radius 1 is 1.04 bits per heavy atom. The minimum absolute atomic E-state index is 0.0321. The summed E-state index contributed by atoms with van der Waals surface area (Å²) < 4.78 is 17.7. The molecule has 298 valence electrons. The standard InChI is InChI=1S/C46H52N4O7/c1-7-31-27-46(31,44(54)56-8-2)48-42(52)39-24-33(57-40-26-36(29-15-10-9-11-16-29)47-37-23-32(55-6)20-21-34(37)40)28-50(39)43(53)35(45(3,4)5)25-41(51)49-22-14-18-30-17-12-13-19-38(30)49/h7,9-13,15-17,19-21,23,26,31,33,35,39H,1,8,14,18,22,24-25,27-28H2,2-6H3,(H,48,52)/t31?,33-,35?,39+,46?/m1/s1. The Balaban J connectivity index is 1.22. The van der Waals surface area contributed by atoms with E-state index in [1.54, 1.807) is 29.9 Å². The molecule has 0 bridgehead atoms. The van der Waals surface area contributed by atoms with Crippen LogP contribution in [0.4, 0.5) is 5.69 Å². The first-order valence-electron chi connectivity index (χ1n) is 19.9. The van der Waals surface area contributed by atoms with Gasteiger partial charge >= 0.3 is 5.97 Å². The number of nitrogens with one attached hydrogen (secondary N) is 1. The number of esters is 1. The van der Waals surface area contributed by atoms with E-state index in [4.69, 9.17) is 19.2 Å². The third-order valence-electron chi connectivity index (χ3n) is 11.6. The van der Waals surface area contributed by atoms with Crippen LogP contribution in [0.5, 0.6) is 11.5 Å². The van der Waals surface area contributed by atoms with Crippen LogP contribution in [-0.2, 0) is 30.3 Å². The van der Waals surface area contributed by atoms with Crippen LogP contribution in [0, 0.1) is 17.3 Å². The van der Waals surface area contributed by atoms with Gasteiger partial charge in [-0.2, -0.15) is 0 Å². The molecule has 3 heterocycles. The van der Waals surface area contributed by atoms with Crippen molar-refractivity contribution in [1.82, 2.24) is 15.2 Å². The van der Waals surface area contributed by atoms with Crippen molar-refractivity contribution < 1.29 is 33.4 Å². The van der Waals surface area contributed by atoms with Crippen LogP contribution in [0.15, 0.2) is 91.5 Å². The molecule has 11 nitrogen and oxygen atoms in total. The summed E-state index contributed by atoms with van der Waals surface area (Å²) in [5, 5.41) is 3.73. The van der Waals surface area contributed by atoms with Gasteiger partial charge in [0, 0.05) is 54.1 Å². The fourth-order valence-corrected chi connectivity index (χ4v) is 8.32. The van der Waals surface area contributed by atoms with Crippen molar-refractivity contribution in [1.29, 1.82) is 0 Å². The van der Waals surface area contributed by atoms with Gasteiger partial charge in [0.25, 0.3) is 0 Å². The fraction of sp³-hybridized carbons (Fsp3) is 0.413. The Morgan fingerprint density at radius 3 is 2.49 bits per heavy atom. The smallest absolute Gasteiger partial charge is 0.332 e. The first kappa shape index (κ1) is 39.5. The summed E-state index contributed by atoms with van der Waals surface area (Å²) in [4.78, 5) is 65.2. The molecule has 11 heteroatoms. The number of amides is 3. The highest BCUT2D eigenvalue weighted by Crippen LogP contribution is 2.46. The number of nitrogens with zero attached hydrogens (tertiary/aromatic N) is 3. The molecule has 5 atom stereocenters. The molecule has 3 amide bonds. The second-order valence-electron chi connectivity index (χ2n) is 16.4. The number of fused-ring (bicyclic) bond motifs is 2. The lowest BCUT2D eigenvalue weighted by Crippen LogP contribution is -2.55. The van der Waals surface area contributed by atoms with E-state index in [0.29, 0.717) is 35.7 Å². The van der Waals surface area contributed by atoms with Crippen molar-refractivity contribution in [2.24, 2.45) is 17.3 Å². The van der Waals surface area contributed by atoms with Crippen LogP contribution in [0.3, 0.4) is 0 Å². The largest absolute Gasteiger partial charge is 0.497 e. The Morgan fingerprint density at radius 2 is 1.79 bits per heavy atom. The minimum Gasteiger partial charge on any atom is -0.497 e. The summed E-state index contributed by atoms with van der Waals surface area (Å²) in [5.41, 5.74) is 2.35. The van der Waals surface area contributed by atoms with Gasteiger partial charge in [-0.15, -0.1) is 6.58 Å². The zero-order valence-electron chi connectivity index (χ0n) is 33.5. The van der Waals surface area contributed by atoms with Gasteiger partial charge in [0.05, 0.1) is 37.4 Å². The minimum atomic E-state index is -1.26. The lowest BCUT2D eigenvalue weighted by atomic mass is 9.77. The second-order valence-corrected chi connectivity index (χ2v) is 16.4. The predicted molar refractivity (Wildman–Crippen MR) is 219 cm³/mol. The van der Waals surface area contributed by atoms with Gasteiger partial charge in [-0.1, -0.05) is 75.4 Å². The Labute approximate surface area is 334 Å². The van der Waals surface area contributed by atoms with Crippen LogP contribution in [0.1, 0.15) is 58.9 Å². The lowest BCUT2D eigenvalue weighted by molar-refractivity contribution is -0.151. The summed E-state index contributed by atoms with van der Waals surface area (Å²) in [6, 6.07) is 24.1. The first-order chi connectivity index (χ1) is 27.4. The van der Waals surface area contributed by atoms with E-state index in [1.807, 2.05) is 99.6 Å². The molecule has 7 rings (SSSR count). The Bertz CT molecular complexity index is 2180. The number of benzene rings is 3. The van der Waals surface area contributed by atoms with E-state index in [9.17, 15) is 14.4 Å². The molecule has 57 heavy (non-hydrogen) atoms. The van der Waals surface area contributed by atoms with Crippen LogP contribution >= 0.6 is 0 Å². The molecule has 1 N–H and O–H groups in total. The molecule has 4 aromatic rings. The van der Waals surface area contributed by atoms with Gasteiger partial charge in [0.1, 0.15) is 29.2 Å². The molecule has 3 unspecified atom stereocenters. The van der Waals surface area contributed by atoms with Crippen molar-refractivity contribution in [2.45, 2.75) is 77.5 Å². The Hall–Kier alpha value is -5.71. The summed E-state index contributed by atoms with van der Waals surface area (Å²) in [6.45, 7) is 12.2. The number of aromatic nitrogens is 1. The van der Waals surface area contributed by atoms with Crippen LogP contribution in [0.2, 0.25) is 0 Å². The summed E-state index contributed by atoms with van der Waals surface area (Å²) in [6.07, 6.45) is 3.23. The van der Waals surface area contributed by atoms with Gasteiger partial charge in [0.15, 0.2) is 0 Å². The molecule has 0 spiro atoms. The number of pyridine rings is 1. The van der Waals surface area contributed by atoms with Gasteiger partial charge in [-0.05, 0) is 55.4 Å². The molecule has 1 aromatic heterocycles. The maximum absolute atomic E-state index is 15.0. The number of carbonyl (C=O) groups is 4. The van der Waals surface area contributed by atoms with Gasteiger partial charge < -0.3 is 29.3 Å². The highest BCUT2D eigenvalue weighted by atomic mass is 16.5. The molecule has 2 fully saturated rings. The molecule has 2 aliphatic heterocycles. The second kappa shape index (κ2) is 16.0. The van der Waals surface area contributed by atoms with E-state index in [2.05, 4.69) is 11.9 Å². The number of hydrogen-bond acceptors (Lipinski definition) is 8. The lowest BCUT2D eigenvalue weighted by Gasteiger charge is -2.37. The highest BCUT2D eigenvalue weighted by Gasteiger charge is 2.62. The summed E-state index contributed by atoms with van der Waals surface area (Å²) >= 11 is 0. The zero-order valence-corrected chi connectivity index (χ0v) is 33.5. The number of para-hydroxylation sites is 1. The molecular weight excluding hydrogens is 721 g/mol. The maximum Gasteiger partial charge on any atom is 0.332 e. The number of anilines is 1. The molecule has 1 saturated heterocycles. The third-order valence-corrected chi connectivity index (χ3v) is 11.6. The molecule has 1 saturated carbocycles. The number of methoxy groups -OCH3 is 1. The average molecular weight is 773 g/mol. The van der Waals surface area contributed by atoms with E-state index in [1.165, 1.54) is 0 Å². The van der Waals surface area contributed by atoms with Gasteiger partial charge in [-0.25, -0.2) is 9.78 Å². The molecule has 0 radical (unpaired) electrons. The number of rotatable bonds is 12. The number of hydrogen-bond donors (Lipinski definition) is 1. The summed E-state index contributed by atoms with van der Waals surface area (Å²) in [7, 11) is 1.60. The van der Waals surface area contributed by atoms with Crippen molar-refractivity contribution in [3.05, 3.63) is 97.1 Å². The number of likely N-dealkylation sites (tertiary alicyclic amines) is 1. The normalized spacial score (nSPS) is 21.9. The van der Waals surface area contributed by atoms with Crippen molar-refractivity contribution in [2.75, 3.05) is 31.7 Å². The van der Waals surface area contributed by atoms with Crippen LogP contribution in [-0.4, -0.2) is 78.1 Å². The number of ether oxygens (including phenoxy) is 3. The SMILES string of the molecule is C=CC1CC1(NC(=O)[C@@H]1C[C@@H](Oc2cc(-c3ccccc3)nc3cc(OC)ccc23)CN1C(=O)C(CC(=O)N1CCCc2ccccc21)C(C)(C)C)C(=O)OCC. The van der Waals surface area contributed by atoms with E-state index in [0.717, 1.165) is 35.0 Å². The average Bonchev–Trinajstić information content (AvgIpc) is 3.77. The van der Waals surface area contributed by atoms with Crippen molar-refractivity contribution in [3.63, 3.8) is 0 Å². The quantitative estimate of drug-likeness (QED) is 0.122. The van der Waals surface area contributed by atoms with Crippen molar-refractivity contribution in [3.8, 4) is 22.8 Å². The number of aryl methyl sites for hydroxylation is 1. The monoisotopic (exact) mass is 772 g/mol. The van der Waals surface area contributed by atoms with E-state index in [-0.39, 0.29) is 43.7 Å². The number of carbonyl (C=O) groups excluding carboxylic acids is 4. The third kappa shape index (κ3) is 7.97. The first-order valence-corrected chi connectivity index (χ1v) is 19.9. The van der Waals surface area contributed by atoms with Gasteiger partial charge in [0.2, 0.25) is 17.7 Å². The highest BCUT2D eigenvalue weighted by molar-refractivity contribution is 5.99. The van der Waals surface area contributed by atoms with Crippen LogP contribution in [0.25, 0.3) is 22.2 Å². The van der Waals surface area contributed by atoms with Crippen molar-refractivity contribution >= 4 is 40.3 Å². The topological polar surface area (TPSA) is 127 Å². The predicted octanol–water partition coefficient (Wildman–Crippen LogP) is 6.91. The van der Waals surface area contributed by atoms with E-state index >= 15 is 4.79 Å². The molecule has 3 aromatic carbocycles. The molecule has 1 aliphatic carbocycles. The fourth-order valence-electron chi connectivity index (χ4n) is 8.32.